The van der Waals surface area contributed by atoms with Crippen LogP contribution in [0.15, 0.2) is 17.3 Å². The predicted molar refractivity (Wildman–Crippen MR) is 108 cm³/mol. The molecular formula is C18H18ClN3O3S2. The van der Waals surface area contributed by atoms with Crippen LogP contribution >= 0.6 is 34.3 Å². The molecule has 0 saturated carbocycles. The molecule has 142 valence electrons. The highest BCUT2D eigenvalue weighted by molar-refractivity contribution is 7.18. The number of hydrogen-bond acceptors (Lipinski definition) is 6. The summed E-state index contributed by atoms with van der Waals surface area (Å²) in [6.07, 6.45) is 4.64. The number of nitrogens with one attached hydrogen (secondary N) is 1. The van der Waals surface area contributed by atoms with E-state index >= 15 is 0 Å². The second kappa shape index (κ2) is 7.61. The maximum atomic E-state index is 12.7. The van der Waals surface area contributed by atoms with Crippen molar-refractivity contribution < 1.29 is 14.4 Å². The third-order valence-corrected chi connectivity index (χ3v) is 7.21. The van der Waals surface area contributed by atoms with E-state index in [0.717, 1.165) is 47.4 Å². The maximum Gasteiger partial charge on any atom is 0.269 e. The molecule has 2 amide bonds. The summed E-state index contributed by atoms with van der Waals surface area (Å²) in [4.78, 5) is 32.0. The van der Waals surface area contributed by atoms with Crippen LogP contribution in [-0.4, -0.2) is 23.6 Å². The van der Waals surface area contributed by atoms with Crippen LogP contribution in [-0.2, 0) is 22.5 Å². The van der Waals surface area contributed by atoms with Gasteiger partial charge >= 0.3 is 0 Å². The summed E-state index contributed by atoms with van der Waals surface area (Å²) in [6.45, 7) is 0. The highest BCUT2D eigenvalue weighted by atomic mass is 35.5. The van der Waals surface area contributed by atoms with Crippen LogP contribution in [0.25, 0.3) is 0 Å². The Kier molecular flexibility index (Phi) is 5.21. The van der Waals surface area contributed by atoms with Gasteiger partial charge in [0.2, 0.25) is 6.10 Å². The molecule has 27 heavy (non-hydrogen) atoms. The molecule has 0 saturated heterocycles. The normalized spacial score (nSPS) is 19.0. The molecule has 0 fully saturated rings. The van der Waals surface area contributed by atoms with Crippen molar-refractivity contribution in [3.63, 3.8) is 0 Å². The number of thiophene rings is 2. The molecule has 4 rings (SSSR count). The zero-order valence-corrected chi connectivity index (χ0v) is 16.8. The third-order valence-electron chi connectivity index (χ3n) is 4.72. The average Bonchev–Trinajstić information content (AvgIpc) is 3.31. The molecule has 2 aromatic heterocycles. The van der Waals surface area contributed by atoms with Crippen LogP contribution in [0.3, 0.4) is 0 Å². The number of amides is 2. The van der Waals surface area contributed by atoms with E-state index < -0.39 is 12.0 Å². The molecule has 1 atom stereocenters. The quantitative estimate of drug-likeness (QED) is 0.728. The molecule has 2 aromatic rings. The summed E-state index contributed by atoms with van der Waals surface area (Å²) in [5, 5.41) is 7.39. The van der Waals surface area contributed by atoms with Crippen LogP contribution in [0, 0.1) is 0 Å². The standard InChI is InChI=1S/C18H18ClN3O3S2/c19-14-7-6-13(26-14)10-8-11(25-22-10)17(24)21-18-15(16(20)23)9-4-2-1-3-5-12(9)27-18/h6-7,11H,1-5,8H2,(H2,20,23)(H,21,24)/t11-/m1/s1. The van der Waals surface area contributed by atoms with Crippen LogP contribution in [0.1, 0.15) is 51.4 Å². The number of rotatable bonds is 4. The monoisotopic (exact) mass is 423 g/mol. The van der Waals surface area contributed by atoms with Crippen molar-refractivity contribution in [3.05, 3.63) is 37.4 Å². The van der Waals surface area contributed by atoms with E-state index in [1.807, 2.05) is 6.07 Å². The van der Waals surface area contributed by atoms with Gasteiger partial charge in [0.25, 0.3) is 11.8 Å². The Bertz CT molecular complexity index is 934. The van der Waals surface area contributed by atoms with Gasteiger partial charge in [0, 0.05) is 11.3 Å². The minimum absolute atomic E-state index is 0.324. The highest BCUT2D eigenvalue weighted by Crippen LogP contribution is 2.37. The zero-order chi connectivity index (χ0) is 19.0. The first-order chi connectivity index (χ1) is 13.0. The Hall–Kier alpha value is -1.90. The van der Waals surface area contributed by atoms with Crippen molar-refractivity contribution in [1.82, 2.24) is 0 Å². The van der Waals surface area contributed by atoms with Gasteiger partial charge in [-0.05, 0) is 43.4 Å². The van der Waals surface area contributed by atoms with Gasteiger partial charge in [-0.3, -0.25) is 9.59 Å². The molecule has 9 heteroatoms. The van der Waals surface area contributed by atoms with E-state index in [9.17, 15) is 9.59 Å². The van der Waals surface area contributed by atoms with E-state index in [1.54, 1.807) is 6.07 Å². The molecule has 0 unspecified atom stereocenters. The van der Waals surface area contributed by atoms with Crippen LogP contribution < -0.4 is 11.1 Å². The van der Waals surface area contributed by atoms with Crippen molar-refractivity contribution >= 4 is 56.8 Å². The SMILES string of the molecule is NC(=O)c1c(NC(=O)[C@H]2CC(c3ccc(Cl)s3)=NO2)sc2c1CCCCC2. The Balaban J connectivity index is 1.50. The van der Waals surface area contributed by atoms with Crippen LogP contribution in [0.5, 0.6) is 0 Å². The fraction of sp³-hybridized carbons (Fsp3) is 0.389. The topological polar surface area (TPSA) is 93.8 Å². The number of carbonyl (C=O) groups is 2. The molecule has 3 heterocycles. The van der Waals surface area contributed by atoms with Gasteiger partial charge < -0.3 is 15.9 Å². The molecule has 3 N–H and O–H groups in total. The van der Waals surface area contributed by atoms with Gasteiger partial charge in [0.05, 0.1) is 14.8 Å². The first-order valence-corrected chi connectivity index (χ1v) is 10.8. The molecule has 0 spiro atoms. The molecule has 2 aliphatic rings. The molecule has 0 bridgehead atoms. The smallest absolute Gasteiger partial charge is 0.269 e. The van der Waals surface area contributed by atoms with Crippen LogP contribution in [0.2, 0.25) is 4.34 Å². The van der Waals surface area contributed by atoms with E-state index in [2.05, 4.69) is 10.5 Å². The number of anilines is 1. The summed E-state index contributed by atoms with van der Waals surface area (Å²) in [5.41, 5.74) is 7.76. The lowest BCUT2D eigenvalue weighted by molar-refractivity contribution is -0.125. The van der Waals surface area contributed by atoms with Crippen molar-refractivity contribution in [2.24, 2.45) is 10.9 Å². The van der Waals surface area contributed by atoms with E-state index in [4.69, 9.17) is 22.2 Å². The lowest BCUT2D eigenvalue weighted by Gasteiger charge is -2.09. The molecule has 1 aliphatic carbocycles. The van der Waals surface area contributed by atoms with Gasteiger partial charge in [0.1, 0.15) is 10.7 Å². The minimum Gasteiger partial charge on any atom is -0.382 e. The molecular weight excluding hydrogens is 406 g/mol. The van der Waals surface area contributed by atoms with Gasteiger partial charge in [-0.15, -0.1) is 22.7 Å². The number of halogens is 1. The average molecular weight is 424 g/mol. The second-order valence-electron chi connectivity index (χ2n) is 6.56. The number of fused-ring (bicyclic) bond motifs is 1. The summed E-state index contributed by atoms with van der Waals surface area (Å²) in [6, 6.07) is 3.65. The number of carbonyl (C=O) groups excluding carboxylic acids is 2. The zero-order valence-electron chi connectivity index (χ0n) is 14.4. The molecule has 0 aromatic carbocycles. The van der Waals surface area contributed by atoms with Gasteiger partial charge in [0.15, 0.2) is 0 Å². The summed E-state index contributed by atoms with van der Waals surface area (Å²) < 4.78 is 0.659. The van der Waals surface area contributed by atoms with E-state index in [-0.39, 0.29) is 5.91 Å². The first kappa shape index (κ1) is 18.5. The third kappa shape index (κ3) is 3.74. The number of aryl methyl sites for hydroxylation is 1. The largest absolute Gasteiger partial charge is 0.382 e. The van der Waals surface area contributed by atoms with Crippen LogP contribution in [0.4, 0.5) is 5.00 Å². The number of primary amides is 1. The lowest BCUT2D eigenvalue weighted by atomic mass is 10.0. The lowest BCUT2D eigenvalue weighted by Crippen LogP contribution is -2.28. The van der Waals surface area contributed by atoms with Crippen molar-refractivity contribution in [1.29, 1.82) is 0 Å². The Morgan fingerprint density at radius 1 is 1.22 bits per heavy atom. The summed E-state index contributed by atoms with van der Waals surface area (Å²) in [5.74, 6) is -0.822. The highest BCUT2D eigenvalue weighted by Gasteiger charge is 2.32. The van der Waals surface area contributed by atoms with Gasteiger partial charge in [-0.25, -0.2) is 0 Å². The maximum absolute atomic E-state index is 12.7. The number of hydrogen-bond donors (Lipinski definition) is 2. The predicted octanol–water partition coefficient (Wildman–Crippen LogP) is 3.96. The summed E-state index contributed by atoms with van der Waals surface area (Å²) >= 11 is 8.80. The van der Waals surface area contributed by atoms with E-state index in [0.29, 0.717) is 27.0 Å². The van der Waals surface area contributed by atoms with Gasteiger partial charge in [-0.2, -0.15) is 0 Å². The van der Waals surface area contributed by atoms with Crippen molar-refractivity contribution in [2.75, 3.05) is 5.32 Å². The Labute approximate surface area is 169 Å². The Morgan fingerprint density at radius 2 is 2.04 bits per heavy atom. The van der Waals surface area contributed by atoms with E-state index in [1.165, 1.54) is 22.7 Å². The molecule has 1 aliphatic heterocycles. The first-order valence-electron chi connectivity index (χ1n) is 8.76. The fourth-order valence-electron chi connectivity index (χ4n) is 3.42. The molecule has 6 nitrogen and oxygen atoms in total. The minimum atomic E-state index is -0.733. The molecule has 0 radical (unpaired) electrons. The number of nitrogens with zero attached hydrogens (tertiary/aromatic N) is 1. The fourth-order valence-corrected chi connectivity index (χ4v) is 5.75. The van der Waals surface area contributed by atoms with Crippen molar-refractivity contribution in [2.45, 2.75) is 44.6 Å². The Morgan fingerprint density at radius 3 is 2.78 bits per heavy atom. The summed E-state index contributed by atoms with van der Waals surface area (Å²) in [7, 11) is 0. The number of oxime groups is 1. The second-order valence-corrected chi connectivity index (χ2v) is 9.38. The van der Waals surface area contributed by atoms with Gasteiger partial charge in [-0.1, -0.05) is 23.2 Å². The number of nitrogens with two attached hydrogens (primary N) is 1. The van der Waals surface area contributed by atoms with Crippen molar-refractivity contribution in [3.8, 4) is 0 Å².